The highest BCUT2D eigenvalue weighted by atomic mass is 32.1. The van der Waals surface area contributed by atoms with E-state index in [1.54, 1.807) is 68.0 Å². The summed E-state index contributed by atoms with van der Waals surface area (Å²) in [6, 6.07) is 63.6. The van der Waals surface area contributed by atoms with Gasteiger partial charge in [-0.1, -0.05) is 339 Å². The minimum absolute atomic E-state index is 0.0692. The standard InChI is InChI=1S/C23H25NOS.5C21H23NOS/c1-2-23(17-8-4-3-5-9-17)20-16(12-18-21(23)26-15-24-18)13-22(14-19(20)25)10-6-7-11-22;3*1-4-21(15-8-6-5-7-9-15)18-16(11-17-20(21)24-12-22-17)13(2)10-14(3)19(18)23;1-4-21(15-8-6-5-7-9-15)17-14(10-11-20(2,3)18(17)23)12-16-19(21)24-13-22-16;1-4-21(14-8-6-5-7-9-14)18-15(12-16-19(21)24-13-22-16)20(2,3)11-10-17(18)23/h3-5,8-9,15H,2,6-7,10-14H2,1H3;3*5-9,12-14H,4,10-11H2,1-3H3;2*5-9,13H,4,10-12H2,1-3H3/t23-;13?,14?,21-;13-,14-,21+;13-,14-,21-;2*21-/m001000/s1. The lowest BCUT2D eigenvalue weighted by molar-refractivity contribution is -0.125. The summed E-state index contributed by atoms with van der Waals surface area (Å²) in [6.07, 6.45) is 23.9. The molecule has 12 nitrogen and oxygen atoms in total. The maximum atomic E-state index is 13.6. The monoisotopic (exact) mass is 2050 g/mol. The van der Waals surface area contributed by atoms with Gasteiger partial charge in [-0.25, -0.2) is 29.9 Å². The van der Waals surface area contributed by atoms with Crippen LogP contribution in [0.15, 0.2) is 282 Å². The number of aromatic nitrogens is 6. The lowest BCUT2D eigenvalue weighted by atomic mass is 9.57. The fourth-order valence-corrected chi connectivity index (χ4v) is 36.0. The molecule has 0 radical (unpaired) electrons. The Kier molecular flexibility index (Phi) is 28.7. The maximum Gasteiger partial charge on any atom is 0.165 e. The second-order valence-corrected chi connectivity index (χ2v) is 50.4. The third-order valence-corrected chi connectivity index (χ3v) is 42.9. The molecule has 1 spiro atoms. The SMILES string of the molecule is CC[C@]1(c2ccccc2)C2=C(CCC(C)(C)C2=O)Cc2ncsc21.CC[C@]1(c2ccccc2)C2=C(Cc3ncsc31)C(C)(C)CCC2=O.CC[C@]1(c2ccccc2)C2=C(Cc3ncsc31)C(C)CC(C)C2=O.CC[C@]1(c2ccccc2)C2=C(Cc3ncsc31)CC1(CCCC1)CC2=O.CC[C@]1(c2ccccc2)C2=C(Cc3ncsc31)[C@@H](C)C[C@H](C)C2=O.CC[C@]1(c2ccccc2)C2=C(Cc3ncsc31)[C@H](C)C[C@@H](C)C2=O. The molecule has 25 rings (SSSR count). The van der Waals surface area contributed by atoms with E-state index in [1.807, 2.05) is 63.4 Å². The summed E-state index contributed by atoms with van der Waals surface area (Å²) in [7, 11) is 0. The molecule has 12 atom stereocenters. The molecule has 6 heterocycles. The lowest BCUT2D eigenvalue weighted by Gasteiger charge is -2.46. The van der Waals surface area contributed by atoms with Crippen LogP contribution in [0, 0.1) is 51.8 Å². The highest BCUT2D eigenvalue weighted by Crippen LogP contribution is 2.64. The molecule has 0 saturated heterocycles. The Morgan fingerprint density at radius 2 is 0.541 bits per heavy atom. The van der Waals surface area contributed by atoms with Gasteiger partial charge < -0.3 is 0 Å². The van der Waals surface area contributed by atoms with Crippen molar-refractivity contribution in [1.82, 2.24) is 29.9 Å². The molecule has 1 fully saturated rings. The van der Waals surface area contributed by atoms with Gasteiger partial charge in [0.25, 0.3) is 0 Å². The minimum atomic E-state index is -0.319. The van der Waals surface area contributed by atoms with Crippen molar-refractivity contribution in [3.63, 3.8) is 0 Å². The van der Waals surface area contributed by atoms with Gasteiger partial charge >= 0.3 is 0 Å². The summed E-state index contributed by atoms with van der Waals surface area (Å²) in [5, 5.41) is 0. The van der Waals surface area contributed by atoms with Crippen molar-refractivity contribution >= 4 is 103 Å². The highest BCUT2D eigenvalue weighted by Gasteiger charge is 2.59. The third kappa shape index (κ3) is 16.7. The molecular weight excluding hydrogens is 1910 g/mol. The first-order valence-electron chi connectivity index (χ1n) is 54.0. The van der Waals surface area contributed by atoms with Gasteiger partial charge in [0.05, 0.1) is 99.7 Å². The molecule has 0 bridgehead atoms. The van der Waals surface area contributed by atoms with Gasteiger partial charge in [-0.3, -0.25) is 28.8 Å². The van der Waals surface area contributed by atoms with Crippen molar-refractivity contribution in [3.05, 3.63) is 379 Å². The molecule has 0 aliphatic heterocycles. The number of thiazole rings is 6. The van der Waals surface area contributed by atoms with Crippen LogP contribution in [0.2, 0.25) is 0 Å². The largest absolute Gasteiger partial charge is 0.295 e. The second-order valence-electron chi connectivity index (χ2n) is 45.3. The van der Waals surface area contributed by atoms with E-state index < -0.39 is 0 Å². The second kappa shape index (κ2) is 40.8. The Morgan fingerprint density at radius 1 is 0.274 bits per heavy atom. The van der Waals surface area contributed by atoms with Crippen LogP contribution in [-0.2, 0) is 99.8 Å². The van der Waals surface area contributed by atoms with Crippen LogP contribution in [-0.4, -0.2) is 64.6 Å². The van der Waals surface area contributed by atoms with E-state index in [-0.39, 0.29) is 66.5 Å². The molecular formula is C128H140N6O6S6. The molecule has 13 aliphatic carbocycles. The van der Waals surface area contributed by atoms with Crippen molar-refractivity contribution < 1.29 is 28.8 Å². The number of ketones is 6. The molecule has 6 aromatic carbocycles. The predicted molar refractivity (Wildman–Crippen MR) is 597 cm³/mol. The Bertz CT molecular complexity index is 6880. The van der Waals surface area contributed by atoms with Crippen LogP contribution < -0.4 is 0 Å². The predicted octanol–water partition coefficient (Wildman–Crippen LogP) is 30.6. The number of fused-ring (bicyclic) bond motifs is 6. The van der Waals surface area contributed by atoms with Gasteiger partial charge in [0.2, 0.25) is 0 Å². The number of carbonyl (C=O) groups is 6. The number of hydrogen-bond donors (Lipinski definition) is 0. The zero-order chi connectivity index (χ0) is 102. The molecule has 754 valence electrons. The maximum absolute atomic E-state index is 13.6. The van der Waals surface area contributed by atoms with Crippen LogP contribution in [0.3, 0.4) is 0 Å². The van der Waals surface area contributed by atoms with E-state index in [4.69, 9.17) is 4.98 Å². The van der Waals surface area contributed by atoms with Crippen molar-refractivity contribution in [2.24, 2.45) is 51.8 Å². The van der Waals surface area contributed by atoms with Crippen molar-refractivity contribution in [2.45, 2.75) is 304 Å². The van der Waals surface area contributed by atoms with Crippen LogP contribution in [0.25, 0.3) is 0 Å². The van der Waals surface area contributed by atoms with E-state index in [1.165, 1.54) is 156 Å². The van der Waals surface area contributed by atoms with Gasteiger partial charge in [0.15, 0.2) is 34.7 Å². The topological polar surface area (TPSA) is 180 Å². The summed E-state index contributed by atoms with van der Waals surface area (Å²) in [5.41, 5.74) is 39.0. The van der Waals surface area contributed by atoms with Crippen LogP contribution in [0.4, 0.5) is 0 Å². The van der Waals surface area contributed by atoms with E-state index >= 15 is 0 Å². The summed E-state index contributed by atoms with van der Waals surface area (Å²) >= 11 is 10.3. The number of hydrogen-bond acceptors (Lipinski definition) is 18. The normalized spacial score (nSPS) is 27.6. The van der Waals surface area contributed by atoms with E-state index in [9.17, 15) is 28.8 Å². The number of benzene rings is 6. The molecule has 12 aromatic rings. The zero-order valence-corrected chi connectivity index (χ0v) is 92.9. The Morgan fingerprint density at radius 3 is 0.849 bits per heavy atom. The van der Waals surface area contributed by atoms with Gasteiger partial charge in [-0.15, -0.1) is 68.0 Å². The summed E-state index contributed by atoms with van der Waals surface area (Å²) in [6.45, 7) is 35.2. The summed E-state index contributed by atoms with van der Waals surface area (Å²) in [4.78, 5) is 116. The van der Waals surface area contributed by atoms with Crippen molar-refractivity contribution in [3.8, 4) is 0 Å². The Labute approximate surface area is 888 Å². The first kappa shape index (κ1) is 103. The summed E-state index contributed by atoms with van der Waals surface area (Å²) in [5.74, 6) is 3.87. The third-order valence-electron chi connectivity index (χ3n) is 36.7. The average molecular weight is 2050 g/mol. The smallest absolute Gasteiger partial charge is 0.165 e. The molecule has 6 aromatic heterocycles. The number of nitrogens with zero attached hydrogens (tertiary/aromatic N) is 6. The molecule has 18 heteroatoms. The van der Waals surface area contributed by atoms with Gasteiger partial charge in [-0.2, -0.15) is 0 Å². The summed E-state index contributed by atoms with van der Waals surface area (Å²) < 4.78 is 0. The van der Waals surface area contributed by atoms with Crippen LogP contribution in [0.5, 0.6) is 0 Å². The van der Waals surface area contributed by atoms with Crippen molar-refractivity contribution in [1.29, 1.82) is 0 Å². The fraction of sp³-hybridized carbons (Fsp3) is 0.438. The molecule has 0 amide bonds. The molecule has 13 aliphatic rings. The van der Waals surface area contributed by atoms with E-state index in [0.29, 0.717) is 58.9 Å². The lowest BCUT2D eigenvalue weighted by Crippen LogP contribution is -2.44. The first-order chi connectivity index (χ1) is 70.5. The van der Waals surface area contributed by atoms with Crippen molar-refractivity contribution in [2.75, 3.05) is 0 Å². The van der Waals surface area contributed by atoms with Crippen LogP contribution in [0.1, 0.15) is 330 Å². The average Bonchev–Trinajstić information content (AvgIpc) is 1.06. The van der Waals surface area contributed by atoms with Gasteiger partial charge in [0, 0.05) is 137 Å². The van der Waals surface area contributed by atoms with Gasteiger partial charge in [-0.05, 0) is 158 Å². The van der Waals surface area contributed by atoms with Crippen LogP contribution >= 0.6 is 68.0 Å². The number of allylic oxidation sites excluding steroid dienone is 12. The Balaban J connectivity index is 0.000000107. The van der Waals surface area contributed by atoms with E-state index in [2.05, 4.69) is 287 Å². The molecule has 1 saturated carbocycles. The number of carbonyl (C=O) groups excluding carboxylic acids is 6. The zero-order valence-electron chi connectivity index (χ0n) is 88.0. The molecule has 146 heavy (non-hydrogen) atoms. The minimum Gasteiger partial charge on any atom is -0.295 e. The molecule has 2 unspecified atom stereocenters. The Hall–Kier alpha value is -10.4. The highest BCUT2D eigenvalue weighted by molar-refractivity contribution is 7.11. The first-order valence-corrected chi connectivity index (χ1v) is 59.3. The quantitative estimate of drug-likeness (QED) is 0.113. The van der Waals surface area contributed by atoms with Gasteiger partial charge in [0.1, 0.15) is 0 Å². The number of rotatable bonds is 12. The fourth-order valence-electron chi connectivity index (χ4n) is 29.3. The van der Waals surface area contributed by atoms with E-state index in [0.717, 1.165) is 162 Å². The number of Topliss-reactive ketones (excluding diaryl/α,β-unsaturated/α-hetero) is 6. The molecule has 0 N–H and O–H groups in total.